The van der Waals surface area contributed by atoms with Gasteiger partial charge in [0.25, 0.3) is 11.8 Å². The lowest BCUT2D eigenvalue weighted by molar-refractivity contribution is 0.0933. The zero-order chi connectivity index (χ0) is 86.8. The Morgan fingerprint density at radius 1 is 0.432 bits per heavy atom. The molecule has 19 rings (SSSR count). The summed E-state index contributed by atoms with van der Waals surface area (Å²) in [7, 11) is 0. The first-order chi connectivity index (χ1) is 61.0. The summed E-state index contributed by atoms with van der Waals surface area (Å²) in [4.78, 5) is 65.3. The number of hydrogen-bond donors (Lipinski definition) is 3. The Morgan fingerprint density at radius 2 is 0.784 bits per heavy atom. The van der Waals surface area contributed by atoms with Gasteiger partial charge in [-0.3, -0.25) is 19.6 Å². The minimum absolute atomic E-state index is 0.0507. The summed E-state index contributed by atoms with van der Waals surface area (Å²) in [6.07, 6.45) is -0.204. The summed E-state index contributed by atoms with van der Waals surface area (Å²) < 4.78 is 62.1. The van der Waals surface area contributed by atoms with Crippen molar-refractivity contribution in [2.45, 2.75) is 134 Å². The Kier molecular flexibility index (Phi) is 25.8. The van der Waals surface area contributed by atoms with Crippen molar-refractivity contribution < 1.29 is 81.1 Å². The number of benzene rings is 9. The van der Waals surface area contributed by atoms with Gasteiger partial charge >= 0.3 is 24.4 Å². The van der Waals surface area contributed by atoms with Crippen molar-refractivity contribution in [2.24, 2.45) is 0 Å². The number of ether oxygens (including phenoxy) is 9. The van der Waals surface area contributed by atoms with Crippen LogP contribution >= 0.6 is 0 Å². The summed E-state index contributed by atoms with van der Waals surface area (Å²) in [5.41, 5.74) is 16.6. The highest BCUT2D eigenvalue weighted by atomic mass is 16.6. The number of aliphatic hydroxyl groups excluding tert-OH is 2. The fourth-order valence-electron chi connectivity index (χ4n) is 17.4. The highest BCUT2D eigenvalue weighted by Gasteiger charge is 2.52. The summed E-state index contributed by atoms with van der Waals surface area (Å²) in [6, 6.07) is 69.1. The van der Waals surface area contributed by atoms with Crippen LogP contribution in [-0.2, 0) is 78.7 Å². The third kappa shape index (κ3) is 18.1. The minimum atomic E-state index is -0.407. The Balaban J connectivity index is 0.000000125. The Labute approximate surface area is 720 Å². The lowest BCUT2D eigenvalue weighted by Crippen LogP contribution is -2.31. The quantitative estimate of drug-likeness (QED) is 0.0244. The molecule has 8 atom stereocenters. The van der Waals surface area contributed by atoms with E-state index in [0.717, 1.165) is 77.9 Å². The van der Waals surface area contributed by atoms with Crippen LogP contribution in [0.5, 0.6) is 11.5 Å². The van der Waals surface area contributed by atoms with Gasteiger partial charge in [-0.15, -0.1) is 0 Å². The molecular weight excluding hydrogens is 1590 g/mol. The minimum Gasteiger partial charge on any atom is -0.490 e. The van der Waals surface area contributed by atoms with Gasteiger partial charge in [0.05, 0.1) is 118 Å². The summed E-state index contributed by atoms with van der Waals surface area (Å²) in [5, 5.41) is 63.4. The molecule has 6 heterocycles. The smallest absolute Gasteiger partial charge is 0.410 e. The van der Waals surface area contributed by atoms with E-state index in [-0.39, 0.29) is 105 Å². The first kappa shape index (κ1) is 84.5. The number of amides is 4. The van der Waals surface area contributed by atoms with E-state index >= 15 is 0 Å². The van der Waals surface area contributed by atoms with Crippen molar-refractivity contribution >= 4 is 30.1 Å². The number of nitriles is 3. The average molecular weight is 1680 g/mol. The zero-order valence-electron chi connectivity index (χ0n) is 69.1. The Hall–Kier alpha value is -14.1. The number of nitrogens with zero attached hydrogens (tertiary/aromatic N) is 11. The van der Waals surface area contributed by atoms with Gasteiger partial charge in [-0.25, -0.2) is 19.2 Å². The Bertz CT molecular complexity index is 5930. The molecule has 636 valence electrons. The van der Waals surface area contributed by atoms with E-state index in [1.165, 1.54) is 0 Å². The molecule has 4 unspecified atom stereocenters. The van der Waals surface area contributed by atoms with Crippen LogP contribution in [0, 0.1) is 39.4 Å². The monoisotopic (exact) mass is 1680 g/mol. The topological polar surface area (TPSA) is 378 Å². The predicted octanol–water partition coefficient (Wildman–Crippen LogP) is 15.0. The molecule has 0 spiro atoms. The number of fused-ring (bicyclic) bond motifs is 12. The van der Waals surface area contributed by atoms with Crippen LogP contribution in [0.25, 0.3) is 45.7 Å². The molecule has 4 saturated heterocycles. The largest absolute Gasteiger partial charge is 0.490 e. The van der Waals surface area contributed by atoms with E-state index in [2.05, 4.69) is 38.5 Å². The van der Waals surface area contributed by atoms with Gasteiger partial charge in [-0.2, -0.15) is 25.8 Å². The lowest BCUT2D eigenvalue weighted by Gasteiger charge is -2.22. The third-order valence-electron chi connectivity index (χ3n) is 22.9. The number of hydrogen-bond acceptors (Lipinski definition) is 25. The molecule has 9 aromatic carbocycles. The lowest BCUT2D eigenvalue weighted by atomic mass is 9.99. The second kappa shape index (κ2) is 38.1. The molecule has 2 aromatic heterocycles. The highest BCUT2D eigenvalue weighted by Crippen LogP contribution is 2.50. The van der Waals surface area contributed by atoms with Crippen LogP contribution < -0.4 is 9.47 Å². The second-order valence-electron chi connectivity index (χ2n) is 31.5. The summed E-state index contributed by atoms with van der Waals surface area (Å²) in [5.74, 6) is 2.48. The van der Waals surface area contributed by atoms with Crippen molar-refractivity contribution in [2.75, 3.05) is 59.2 Å². The maximum Gasteiger partial charge on any atom is 0.410 e. The van der Waals surface area contributed by atoms with Crippen molar-refractivity contribution in [1.29, 1.82) is 21.2 Å². The second-order valence-corrected chi connectivity index (χ2v) is 31.5. The molecular formula is C96H90N12O17. The number of aliphatic hydroxyl groups is 2. The third-order valence-corrected chi connectivity index (χ3v) is 22.9. The van der Waals surface area contributed by atoms with Gasteiger partial charge in [-0.1, -0.05) is 168 Å². The molecule has 0 radical (unpaired) electrons. The van der Waals surface area contributed by atoms with Gasteiger partial charge in [0.2, 0.25) is 11.6 Å². The SMILES string of the molecule is CC(C)Oc1ccc(-c2nc(-c3cccc4c3CC3OC(=O)N(CCO)[C@@H]43)no2)cc1C#N.CC(C)Oc1ccc(-c2nc(-c3cccc4c3CC3OC(=O)N(CCOCc5ccccc5)[C@@H]43)no2)cc1C#N.N#Cc1cccc2c1CC1OC(=O)N(CCOCc3ccccc3)[C@@H]21.N=C(CO)c1cccc2c1CC1OC(=O)N(CCOCc3ccccc3)[C@@H]21. The number of rotatable bonds is 27. The predicted molar refractivity (Wildman–Crippen MR) is 452 cm³/mol. The number of carbonyl (C=O) groups excluding carboxylic acids is 4. The number of carbonyl (C=O) groups is 4. The number of nitrogens with one attached hydrogen (secondary N) is 1. The summed E-state index contributed by atoms with van der Waals surface area (Å²) >= 11 is 0. The standard InChI is InChI=1S/C31H28N4O5.C24H22N4O5.C21H22N2O4.C20H18N2O3/c1-19(2)38-26-12-11-21(15-22(26)17-32)30-33-29(34-40-30)24-10-6-9-23-25(24)16-27-28(23)35(31(36)39-27)13-14-37-18-20-7-4-3-5-8-20;1-13(2)31-19-7-6-14(10-15(19)12-25)23-26-22(27-33-23)17-5-3-4-16-18(17)11-20-21(16)28(8-9-29)24(30)32-20;22-18(12-24)15-7-4-8-16-17(15)11-19-20(16)23(21(25)27-19)9-10-26-13-14-5-2-1-3-6-14;21-12-15-7-4-8-16-17(15)11-18-19(16)22(20(23)25-18)9-10-24-13-14-5-2-1-3-6-14/h3-12,15,19,27-28H,13-14,16,18H2,1-2H3;3-7,10,13,20-21,29H,8-9,11H2,1-2H3;1-8,19-20,22,24H,9-13H2;1-8,18-19H,9-11,13H2/t27?,28-;20?,21-;19?,20-;18?,19-/m0000/s1. The van der Waals surface area contributed by atoms with Crippen LogP contribution in [0.4, 0.5) is 19.2 Å². The first-order valence-electron chi connectivity index (χ1n) is 41.5. The molecule has 4 fully saturated rings. The molecule has 4 amide bonds. The maximum absolute atomic E-state index is 12.7. The number of aromatic nitrogens is 4. The molecule has 29 heteroatoms. The van der Waals surface area contributed by atoms with Crippen LogP contribution in [0.3, 0.4) is 0 Å². The summed E-state index contributed by atoms with van der Waals surface area (Å²) in [6.45, 7) is 11.5. The van der Waals surface area contributed by atoms with Crippen LogP contribution in [0.15, 0.2) is 209 Å². The van der Waals surface area contributed by atoms with Gasteiger partial charge in [-0.05, 0) is 131 Å². The van der Waals surface area contributed by atoms with Crippen molar-refractivity contribution in [3.05, 3.63) is 284 Å². The fraction of sp³-hybridized carbons (Fsp3) is 0.312. The van der Waals surface area contributed by atoms with Crippen LogP contribution in [0.2, 0.25) is 0 Å². The molecule has 8 aliphatic rings. The van der Waals surface area contributed by atoms with Crippen LogP contribution in [0.1, 0.15) is 135 Å². The normalized spacial score (nSPS) is 19.1. The molecule has 0 saturated carbocycles. The molecule has 3 N–H and O–H groups in total. The van der Waals surface area contributed by atoms with Crippen LogP contribution in [-0.4, -0.2) is 176 Å². The maximum atomic E-state index is 12.7. The highest BCUT2D eigenvalue weighted by molar-refractivity contribution is 6.01. The van der Waals surface area contributed by atoms with Crippen molar-refractivity contribution in [3.8, 4) is 75.4 Å². The van der Waals surface area contributed by atoms with E-state index in [4.69, 9.17) is 57.1 Å². The van der Waals surface area contributed by atoms with Gasteiger partial charge < -0.3 is 67.3 Å². The molecule has 0 bridgehead atoms. The van der Waals surface area contributed by atoms with E-state index < -0.39 is 6.09 Å². The van der Waals surface area contributed by atoms with E-state index in [9.17, 15) is 45.2 Å². The molecule has 11 aromatic rings. The zero-order valence-corrected chi connectivity index (χ0v) is 69.1. The molecule has 29 nitrogen and oxygen atoms in total. The van der Waals surface area contributed by atoms with Crippen molar-refractivity contribution in [1.82, 2.24) is 39.9 Å². The molecule has 125 heavy (non-hydrogen) atoms. The molecule has 4 aliphatic heterocycles. The van der Waals surface area contributed by atoms with Gasteiger partial charge in [0, 0.05) is 79.7 Å². The Morgan fingerprint density at radius 3 is 1.16 bits per heavy atom. The average Bonchev–Trinajstić information content (AvgIpc) is 1.61. The van der Waals surface area contributed by atoms with Gasteiger partial charge in [0.15, 0.2) is 0 Å². The van der Waals surface area contributed by atoms with E-state index in [1.807, 2.05) is 191 Å². The van der Waals surface area contributed by atoms with E-state index in [0.29, 0.717) is 148 Å². The fourth-order valence-corrected chi connectivity index (χ4v) is 17.4. The van der Waals surface area contributed by atoms with Crippen molar-refractivity contribution in [3.63, 3.8) is 0 Å². The van der Waals surface area contributed by atoms with Gasteiger partial charge in [0.1, 0.15) is 48.1 Å². The van der Waals surface area contributed by atoms with E-state index in [1.54, 1.807) is 56.0 Å². The molecule has 4 aliphatic carbocycles. The first-order valence-corrected chi connectivity index (χ1v) is 41.5. The number of β-amino-alcohol motifs (C(OH)–C–C–N with tert-alkyl or cyclic N) is 1.